The number of rotatable bonds is 1. The molecule has 0 aliphatic carbocycles. The first-order valence-electron chi connectivity index (χ1n) is 3.25. The maximum Gasteiger partial charge on any atom is 0.221 e. The first kappa shape index (κ1) is 7.60. The minimum atomic E-state index is -0.115. The van der Waals surface area contributed by atoms with Crippen molar-refractivity contribution in [1.29, 1.82) is 0 Å². The molecule has 0 saturated heterocycles. The highest BCUT2D eigenvalue weighted by Crippen LogP contribution is 2.13. The van der Waals surface area contributed by atoms with Crippen LogP contribution in [0.15, 0.2) is 24.3 Å². The predicted molar refractivity (Wildman–Crippen MR) is 42.4 cm³/mol. The number of phenolic OH excluding ortho intramolecular Hbond substituents is 1. The van der Waals surface area contributed by atoms with Gasteiger partial charge in [0, 0.05) is 12.6 Å². The molecule has 3 nitrogen and oxygen atoms in total. The summed E-state index contributed by atoms with van der Waals surface area (Å²) in [6.07, 6.45) is 0. The summed E-state index contributed by atoms with van der Waals surface area (Å²) in [5.41, 5.74) is 0.690. The minimum absolute atomic E-state index is 0.115. The molecule has 0 atom stereocenters. The molecule has 1 aromatic rings. The van der Waals surface area contributed by atoms with E-state index in [-0.39, 0.29) is 11.7 Å². The number of carbonyl (C=O) groups excluding carboxylic acids is 1. The van der Waals surface area contributed by atoms with Crippen molar-refractivity contribution in [2.45, 2.75) is 6.92 Å². The highest BCUT2D eigenvalue weighted by atomic mass is 16.3. The number of hydrogen-bond donors (Lipinski definition) is 2. The summed E-state index contributed by atoms with van der Waals surface area (Å²) in [7, 11) is 0. The summed E-state index contributed by atoms with van der Waals surface area (Å²) in [5, 5.41) is 11.5. The number of aromatic hydroxyl groups is 1. The van der Waals surface area contributed by atoms with Crippen molar-refractivity contribution < 1.29 is 9.90 Å². The minimum Gasteiger partial charge on any atom is -0.508 e. The molecule has 0 aliphatic heterocycles. The normalized spacial score (nSPS) is 9.18. The molecule has 0 heterocycles. The topological polar surface area (TPSA) is 49.3 Å². The molecule has 0 fully saturated rings. The molecule has 11 heavy (non-hydrogen) atoms. The van der Waals surface area contributed by atoms with Gasteiger partial charge in [0.05, 0.1) is 0 Å². The lowest BCUT2D eigenvalue weighted by molar-refractivity contribution is -0.114. The molecule has 0 aliphatic rings. The van der Waals surface area contributed by atoms with Crippen LogP contribution in [0.5, 0.6) is 5.75 Å². The van der Waals surface area contributed by atoms with E-state index in [0.29, 0.717) is 5.69 Å². The monoisotopic (exact) mass is 150 g/mol. The van der Waals surface area contributed by atoms with E-state index >= 15 is 0 Å². The predicted octanol–water partition coefficient (Wildman–Crippen LogP) is 1.35. The fourth-order valence-electron chi connectivity index (χ4n) is 0.748. The number of nitrogens with one attached hydrogen (secondary N) is 1. The van der Waals surface area contributed by atoms with Crippen LogP contribution in [-0.4, -0.2) is 11.0 Å². The molecule has 0 bridgehead atoms. The fraction of sp³-hybridized carbons (Fsp3) is 0.125. The maximum absolute atomic E-state index is 10.5. The van der Waals surface area contributed by atoms with E-state index in [9.17, 15) is 4.79 Å². The van der Waals surface area contributed by atoms with Crippen LogP contribution < -0.4 is 5.32 Å². The van der Waals surface area contributed by atoms with Crippen molar-refractivity contribution in [1.82, 2.24) is 0 Å². The van der Waals surface area contributed by atoms with Crippen molar-refractivity contribution in [2.24, 2.45) is 0 Å². The van der Waals surface area contributed by atoms with Crippen molar-refractivity contribution in [3.05, 3.63) is 24.3 Å². The Kier molecular flexibility index (Phi) is 2.11. The van der Waals surface area contributed by atoms with Crippen LogP contribution in [-0.2, 0) is 4.79 Å². The molecule has 0 unspecified atom stereocenters. The van der Waals surface area contributed by atoms with Gasteiger partial charge in [0.25, 0.3) is 0 Å². The number of amides is 1. The average molecular weight is 150 g/mol. The van der Waals surface area contributed by atoms with E-state index in [1.165, 1.54) is 19.1 Å². The fourth-order valence-corrected chi connectivity index (χ4v) is 0.748. The van der Waals surface area contributed by atoms with Gasteiger partial charge in [-0.15, -0.1) is 0 Å². The molecule has 58 valence electrons. The molecule has 0 radical (unpaired) electrons. The van der Waals surface area contributed by atoms with Crippen LogP contribution in [0.1, 0.15) is 6.92 Å². The molecular formula is C8H9NO2. The second-order valence-electron chi connectivity index (χ2n) is 2.23. The molecule has 2 N–H and O–H groups in total. The van der Waals surface area contributed by atoms with Crippen molar-refractivity contribution in [2.75, 3.05) is 5.32 Å². The van der Waals surface area contributed by atoms with Gasteiger partial charge in [0.15, 0.2) is 0 Å². The summed E-state index contributed by atoms with van der Waals surface area (Å²) in [6, 6.07) is 6.31. The van der Waals surface area contributed by atoms with E-state index < -0.39 is 0 Å². The van der Waals surface area contributed by atoms with Gasteiger partial charge in [0.2, 0.25) is 5.91 Å². The van der Waals surface area contributed by atoms with Crippen LogP contribution in [0.25, 0.3) is 0 Å². The summed E-state index contributed by atoms with van der Waals surface area (Å²) in [6.45, 7) is 1.44. The first-order chi connectivity index (χ1) is 5.18. The van der Waals surface area contributed by atoms with Crippen LogP contribution >= 0.6 is 0 Å². The Morgan fingerprint density at radius 1 is 1.36 bits per heavy atom. The van der Waals surface area contributed by atoms with E-state index in [1.54, 1.807) is 12.1 Å². The Balaban J connectivity index is 2.74. The molecule has 3 heteroatoms. The third kappa shape index (κ3) is 2.29. The summed E-state index contributed by atoms with van der Waals surface area (Å²) < 4.78 is 0. The van der Waals surface area contributed by atoms with Crippen molar-refractivity contribution >= 4 is 11.6 Å². The van der Waals surface area contributed by atoms with E-state index in [0.717, 1.165) is 0 Å². The Morgan fingerprint density at radius 2 is 1.91 bits per heavy atom. The maximum atomic E-state index is 10.5. The van der Waals surface area contributed by atoms with E-state index in [4.69, 9.17) is 5.11 Å². The van der Waals surface area contributed by atoms with E-state index in [1.807, 2.05) is 0 Å². The van der Waals surface area contributed by atoms with E-state index in [2.05, 4.69) is 5.32 Å². The highest BCUT2D eigenvalue weighted by Gasteiger charge is 1.93. The van der Waals surface area contributed by atoms with Crippen LogP contribution in [0.2, 0.25) is 0 Å². The lowest BCUT2D eigenvalue weighted by atomic mass is 10.1. The van der Waals surface area contributed by atoms with Crippen molar-refractivity contribution in [3.8, 4) is 5.75 Å². The zero-order valence-electron chi connectivity index (χ0n) is 6.16. The summed E-state index contributed by atoms with van der Waals surface area (Å²) in [5.74, 6) is 0.0785. The van der Waals surface area contributed by atoms with Crippen LogP contribution in [0, 0.1) is 0 Å². The second-order valence-corrected chi connectivity index (χ2v) is 2.23. The van der Waals surface area contributed by atoms with Crippen molar-refractivity contribution in [3.63, 3.8) is 0 Å². The molecule has 0 spiro atoms. The average Bonchev–Trinajstić information content (AvgIpc) is 1.93. The largest absolute Gasteiger partial charge is 0.508 e. The molecule has 0 aromatic heterocycles. The summed E-state index contributed by atoms with van der Waals surface area (Å²) in [4.78, 5) is 10.5. The third-order valence-corrected chi connectivity index (χ3v) is 1.19. The lowest BCUT2D eigenvalue weighted by Gasteiger charge is -1.99. The second kappa shape index (κ2) is 3.05. The Morgan fingerprint density at radius 3 is 2.36 bits per heavy atom. The van der Waals surface area contributed by atoms with Gasteiger partial charge < -0.3 is 10.4 Å². The smallest absolute Gasteiger partial charge is 0.221 e. The molecule has 0 saturated carbocycles. The van der Waals surface area contributed by atoms with Gasteiger partial charge in [0.1, 0.15) is 5.75 Å². The Bertz CT molecular complexity index is 253. The number of anilines is 1. The number of hydrogen-bond acceptors (Lipinski definition) is 2. The van der Waals surface area contributed by atoms with Gasteiger partial charge in [-0.2, -0.15) is 0 Å². The van der Waals surface area contributed by atoms with Gasteiger partial charge in [-0.1, -0.05) is 0 Å². The zero-order chi connectivity index (χ0) is 8.27. The Hall–Kier alpha value is -1.51. The highest BCUT2D eigenvalue weighted by molar-refractivity contribution is 5.88. The van der Waals surface area contributed by atoms with Gasteiger partial charge >= 0.3 is 0 Å². The Labute approximate surface area is 64.7 Å². The SMILES string of the molecule is C[11C](=O)Nc1ccc(O)cc1. The van der Waals surface area contributed by atoms with Gasteiger partial charge in [-0.3, -0.25) is 4.79 Å². The summed E-state index contributed by atoms with van der Waals surface area (Å²) >= 11 is 0. The first-order valence-corrected chi connectivity index (χ1v) is 3.25. The number of carbonyl (C=O) groups is 1. The third-order valence-electron chi connectivity index (χ3n) is 1.19. The number of benzene rings is 1. The van der Waals surface area contributed by atoms with Crippen LogP contribution in [0.4, 0.5) is 5.69 Å². The lowest BCUT2D eigenvalue weighted by Crippen LogP contribution is -2.04. The molecule has 1 aromatic carbocycles. The quantitative estimate of drug-likeness (QED) is 0.593. The van der Waals surface area contributed by atoms with Gasteiger partial charge in [-0.05, 0) is 24.3 Å². The van der Waals surface area contributed by atoms with Gasteiger partial charge in [-0.25, -0.2) is 0 Å². The number of phenols is 1. The molecular weight excluding hydrogens is 141 g/mol. The van der Waals surface area contributed by atoms with Crippen LogP contribution in [0.3, 0.4) is 0 Å². The zero-order valence-corrected chi connectivity index (χ0v) is 6.16. The molecule has 1 rings (SSSR count). The molecule has 1 amide bonds. The standard InChI is InChI=1S/C8H9NO2/c1-6(10)9-7-2-4-8(11)5-3-7/h2-5,11H,1H3,(H,9,10)/i6-1.